The normalized spacial score (nSPS) is 9.94. The number of pyridine rings is 1. The SMILES string of the molecule is N#Cc1cc(Br)c(-c2ccc(O)cc2)nc1Cl. The summed E-state index contributed by atoms with van der Waals surface area (Å²) in [5.74, 6) is 0.185. The smallest absolute Gasteiger partial charge is 0.147 e. The van der Waals surface area contributed by atoms with E-state index in [1.165, 1.54) is 0 Å². The molecule has 0 amide bonds. The lowest BCUT2D eigenvalue weighted by Crippen LogP contribution is -1.89. The second-order valence-electron chi connectivity index (χ2n) is 3.32. The van der Waals surface area contributed by atoms with E-state index in [4.69, 9.17) is 16.9 Å². The minimum absolute atomic E-state index is 0.166. The average molecular weight is 310 g/mol. The molecule has 84 valence electrons. The summed E-state index contributed by atoms with van der Waals surface area (Å²) in [4.78, 5) is 4.16. The van der Waals surface area contributed by atoms with Crippen LogP contribution in [-0.2, 0) is 0 Å². The second kappa shape index (κ2) is 4.74. The minimum Gasteiger partial charge on any atom is -0.508 e. The van der Waals surface area contributed by atoms with Crippen molar-refractivity contribution in [3.8, 4) is 23.1 Å². The van der Waals surface area contributed by atoms with Crippen LogP contribution >= 0.6 is 27.5 Å². The van der Waals surface area contributed by atoms with Crippen molar-refractivity contribution in [2.24, 2.45) is 0 Å². The molecule has 2 rings (SSSR count). The molecule has 17 heavy (non-hydrogen) atoms. The van der Waals surface area contributed by atoms with Crippen LogP contribution < -0.4 is 0 Å². The first-order valence-corrected chi connectivity index (χ1v) is 5.84. The Morgan fingerprint density at radius 1 is 1.29 bits per heavy atom. The summed E-state index contributed by atoms with van der Waals surface area (Å²) in [7, 11) is 0. The Labute approximate surface area is 111 Å². The van der Waals surface area contributed by atoms with Gasteiger partial charge in [-0.25, -0.2) is 4.98 Å². The Kier molecular flexibility index (Phi) is 3.32. The molecule has 0 fully saturated rings. The van der Waals surface area contributed by atoms with E-state index in [9.17, 15) is 5.11 Å². The summed E-state index contributed by atoms with van der Waals surface area (Å²) in [6, 6.07) is 10.2. The van der Waals surface area contributed by atoms with Crippen molar-refractivity contribution in [2.75, 3.05) is 0 Å². The largest absolute Gasteiger partial charge is 0.508 e. The van der Waals surface area contributed by atoms with E-state index >= 15 is 0 Å². The molecule has 0 aliphatic rings. The highest BCUT2D eigenvalue weighted by atomic mass is 79.9. The predicted octanol–water partition coefficient (Wildman–Crippen LogP) is 3.74. The molecule has 1 aromatic heterocycles. The number of phenols is 1. The minimum atomic E-state index is 0.166. The van der Waals surface area contributed by atoms with Crippen molar-refractivity contribution in [1.82, 2.24) is 4.98 Å². The van der Waals surface area contributed by atoms with E-state index < -0.39 is 0 Å². The lowest BCUT2D eigenvalue weighted by molar-refractivity contribution is 0.475. The van der Waals surface area contributed by atoms with Crippen LogP contribution in [0.25, 0.3) is 11.3 Å². The van der Waals surface area contributed by atoms with Crippen LogP contribution in [0.3, 0.4) is 0 Å². The number of hydrogen-bond acceptors (Lipinski definition) is 3. The number of aromatic nitrogens is 1. The van der Waals surface area contributed by atoms with Gasteiger partial charge >= 0.3 is 0 Å². The van der Waals surface area contributed by atoms with Gasteiger partial charge < -0.3 is 5.11 Å². The molecule has 0 radical (unpaired) electrons. The van der Waals surface area contributed by atoms with Gasteiger partial charge in [-0.1, -0.05) is 11.6 Å². The highest BCUT2D eigenvalue weighted by molar-refractivity contribution is 9.10. The molecule has 0 aliphatic carbocycles. The van der Waals surface area contributed by atoms with Crippen LogP contribution in [0.5, 0.6) is 5.75 Å². The van der Waals surface area contributed by atoms with Gasteiger partial charge in [0.25, 0.3) is 0 Å². The summed E-state index contributed by atoms with van der Waals surface area (Å²) in [6.07, 6.45) is 0. The van der Waals surface area contributed by atoms with Gasteiger partial charge in [-0.05, 0) is 46.3 Å². The Morgan fingerprint density at radius 3 is 2.53 bits per heavy atom. The van der Waals surface area contributed by atoms with E-state index in [1.54, 1.807) is 30.3 Å². The molecule has 0 spiro atoms. The molecule has 5 heteroatoms. The molecule has 0 saturated heterocycles. The second-order valence-corrected chi connectivity index (χ2v) is 4.53. The van der Waals surface area contributed by atoms with Crippen molar-refractivity contribution in [1.29, 1.82) is 5.26 Å². The van der Waals surface area contributed by atoms with Crippen molar-refractivity contribution < 1.29 is 5.11 Å². The number of phenolic OH excluding ortho intramolecular Hbond substituents is 1. The van der Waals surface area contributed by atoms with Crippen LogP contribution in [-0.4, -0.2) is 10.1 Å². The van der Waals surface area contributed by atoms with Gasteiger partial charge in [0.05, 0.1) is 11.3 Å². The number of benzene rings is 1. The fourth-order valence-electron chi connectivity index (χ4n) is 1.37. The third-order valence-corrected chi connectivity index (χ3v) is 3.08. The molecular formula is C12H6BrClN2O. The van der Waals surface area contributed by atoms with Gasteiger partial charge in [0.15, 0.2) is 0 Å². The third kappa shape index (κ3) is 2.41. The fraction of sp³-hybridized carbons (Fsp3) is 0. The first-order chi connectivity index (χ1) is 8.11. The topological polar surface area (TPSA) is 56.9 Å². The first-order valence-electron chi connectivity index (χ1n) is 4.67. The predicted molar refractivity (Wildman–Crippen MR) is 68.8 cm³/mol. The van der Waals surface area contributed by atoms with E-state index in [0.717, 1.165) is 5.56 Å². The van der Waals surface area contributed by atoms with Crippen molar-refractivity contribution in [3.63, 3.8) is 0 Å². The number of nitriles is 1. The third-order valence-electron chi connectivity index (χ3n) is 2.19. The molecule has 1 heterocycles. The molecule has 0 unspecified atom stereocenters. The van der Waals surface area contributed by atoms with Gasteiger partial charge in [-0.2, -0.15) is 5.26 Å². The summed E-state index contributed by atoms with van der Waals surface area (Å²) in [5.41, 5.74) is 1.76. The quantitative estimate of drug-likeness (QED) is 0.816. The number of rotatable bonds is 1. The van der Waals surface area contributed by atoms with E-state index in [-0.39, 0.29) is 10.9 Å². The van der Waals surface area contributed by atoms with Gasteiger partial charge in [0.2, 0.25) is 0 Å². The van der Waals surface area contributed by atoms with Crippen LogP contribution in [0, 0.1) is 11.3 Å². The van der Waals surface area contributed by atoms with Crippen molar-refractivity contribution in [3.05, 3.63) is 45.5 Å². The molecule has 0 aliphatic heterocycles. The van der Waals surface area contributed by atoms with Crippen LogP contribution in [0.2, 0.25) is 5.15 Å². The highest BCUT2D eigenvalue weighted by Crippen LogP contribution is 2.30. The molecule has 0 saturated carbocycles. The van der Waals surface area contributed by atoms with E-state index in [1.807, 2.05) is 6.07 Å². The maximum Gasteiger partial charge on any atom is 0.147 e. The van der Waals surface area contributed by atoms with E-state index in [2.05, 4.69) is 20.9 Å². The van der Waals surface area contributed by atoms with Gasteiger partial charge in [-0.15, -0.1) is 0 Å². The summed E-state index contributed by atoms with van der Waals surface area (Å²) in [6.45, 7) is 0. The fourth-order valence-corrected chi connectivity index (χ4v) is 2.09. The zero-order valence-corrected chi connectivity index (χ0v) is 10.8. The standard InChI is InChI=1S/C12H6BrClN2O/c13-10-5-8(6-15)12(14)16-11(10)7-1-3-9(17)4-2-7/h1-5,17H. The summed E-state index contributed by atoms with van der Waals surface area (Å²) >= 11 is 9.22. The van der Waals surface area contributed by atoms with Gasteiger partial charge in [-0.3, -0.25) is 0 Å². The molecular weight excluding hydrogens is 304 g/mol. The highest BCUT2D eigenvalue weighted by Gasteiger charge is 2.10. The van der Waals surface area contributed by atoms with Crippen LogP contribution in [0.1, 0.15) is 5.56 Å². The monoisotopic (exact) mass is 308 g/mol. The average Bonchev–Trinajstić information content (AvgIpc) is 2.33. The Hall–Kier alpha value is -1.57. The Bertz CT molecular complexity index is 605. The van der Waals surface area contributed by atoms with Crippen molar-refractivity contribution >= 4 is 27.5 Å². The Balaban J connectivity index is 2.57. The lowest BCUT2D eigenvalue weighted by Gasteiger charge is -2.05. The lowest BCUT2D eigenvalue weighted by atomic mass is 10.1. The van der Waals surface area contributed by atoms with Gasteiger partial charge in [0.1, 0.15) is 17.0 Å². The summed E-state index contributed by atoms with van der Waals surface area (Å²) < 4.78 is 0.684. The maximum atomic E-state index is 9.21. The number of hydrogen-bond donors (Lipinski definition) is 1. The molecule has 1 aromatic carbocycles. The van der Waals surface area contributed by atoms with E-state index in [0.29, 0.717) is 15.7 Å². The Morgan fingerprint density at radius 2 is 1.94 bits per heavy atom. The van der Waals surface area contributed by atoms with Crippen LogP contribution in [0.4, 0.5) is 0 Å². The molecule has 2 aromatic rings. The molecule has 3 nitrogen and oxygen atoms in total. The van der Waals surface area contributed by atoms with Crippen molar-refractivity contribution in [2.45, 2.75) is 0 Å². The maximum absolute atomic E-state index is 9.21. The number of halogens is 2. The van der Waals surface area contributed by atoms with Crippen LogP contribution in [0.15, 0.2) is 34.8 Å². The molecule has 0 bridgehead atoms. The zero-order valence-electron chi connectivity index (χ0n) is 8.48. The number of aromatic hydroxyl groups is 1. The molecule has 0 atom stereocenters. The number of nitrogens with zero attached hydrogens (tertiary/aromatic N) is 2. The summed E-state index contributed by atoms with van der Waals surface area (Å²) in [5, 5.41) is 18.2. The van der Waals surface area contributed by atoms with Gasteiger partial charge in [0, 0.05) is 10.0 Å². The zero-order chi connectivity index (χ0) is 12.4. The molecule has 1 N–H and O–H groups in total. The first kappa shape index (κ1) is 11.9.